The summed E-state index contributed by atoms with van der Waals surface area (Å²) < 4.78 is 0. The van der Waals surface area contributed by atoms with Gasteiger partial charge in [-0.15, -0.1) is 0 Å². The van der Waals surface area contributed by atoms with Crippen LogP contribution in [0.25, 0.3) is 0 Å². The minimum Gasteiger partial charge on any atom is -0.357 e. The Bertz CT molecular complexity index is 557. The summed E-state index contributed by atoms with van der Waals surface area (Å²) in [6, 6.07) is 11.4. The van der Waals surface area contributed by atoms with Crippen molar-refractivity contribution in [1.82, 2.24) is 15.5 Å². The van der Waals surface area contributed by atoms with Crippen LogP contribution in [0, 0.1) is 5.41 Å². The van der Waals surface area contributed by atoms with E-state index < -0.39 is 0 Å². The summed E-state index contributed by atoms with van der Waals surface area (Å²) >= 11 is 0. The summed E-state index contributed by atoms with van der Waals surface area (Å²) in [4.78, 5) is 7.56. The van der Waals surface area contributed by atoms with Crippen LogP contribution in [-0.4, -0.2) is 49.6 Å². The van der Waals surface area contributed by atoms with E-state index in [1.54, 1.807) is 0 Å². The van der Waals surface area contributed by atoms with Crippen LogP contribution in [0.15, 0.2) is 35.3 Å². The Morgan fingerprint density at radius 2 is 1.88 bits per heavy atom. The molecule has 2 fully saturated rings. The maximum absolute atomic E-state index is 4.97. The Labute approximate surface area is 159 Å². The van der Waals surface area contributed by atoms with Crippen LogP contribution >= 0.6 is 0 Å². The van der Waals surface area contributed by atoms with Gasteiger partial charge < -0.3 is 15.5 Å². The molecule has 0 aromatic heterocycles. The molecule has 1 saturated heterocycles. The van der Waals surface area contributed by atoms with E-state index in [9.17, 15) is 0 Å². The molecule has 144 valence electrons. The van der Waals surface area contributed by atoms with Gasteiger partial charge in [0.25, 0.3) is 0 Å². The van der Waals surface area contributed by atoms with Gasteiger partial charge in [-0.05, 0) is 63.0 Å². The third-order valence-electron chi connectivity index (χ3n) is 5.76. The number of likely N-dealkylation sites (tertiary alicyclic amines) is 1. The van der Waals surface area contributed by atoms with Crippen molar-refractivity contribution in [3.05, 3.63) is 35.9 Å². The third-order valence-corrected chi connectivity index (χ3v) is 5.76. The van der Waals surface area contributed by atoms with Gasteiger partial charge in [-0.25, -0.2) is 0 Å². The van der Waals surface area contributed by atoms with Gasteiger partial charge in [0.15, 0.2) is 5.96 Å². The smallest absolute Gasteiger partial charge is 0.191 e. The molecule has 1 heterocycles. The summed E-state index contributed by atoms with van der Waals surface area (Å²) in [5.41, 5.74) is 1.84. The molecule has 3 rings (SSSR count). The first kappa shape index (κ1) is 19.2. The van der Waals surface area contributed by atoms with Crippen molar-refractivity contribution in [2.75, 3.05) is 32.7 Å². The van der Waals surface area contributed by atoms with Crippen molar-refractivity contribution in [3.8, 4) is 0 Å². The van der Waals surface area contributed by atoms with Gasteiger partial charge in [-0.1, -0.05) is 37.3 Å². The van der Waals surface area contributed by atoms with E-state index in [1.165, 1.54) is 57.3 Å². The largest absolute Gasteiger partial charge is 0.357 e. The molecular formula is C22H36N4. The Hall–Kier alpha value is -1.55. The molecule has 0 amide bonds. The number of hydrogen-bond donors (Lipinski definition) is 2. The Balaban J connectivity index is 1.51. The summed E-state index contributed by atoms with van der Waals surface area (Å²) in [5.74, 6) is 1.01. The zero-order valence-corrected chi connectivity index (χ0v) is 16.6. The summed E-state index contributed by atoms with van der Waals surface area (Å²) in [6.07, 6.45) is 7.47. The molecule has 0 spiro atoms. The number of nitrogens with one attached hydrogen (secondary N) is 2. The van der Waals surface area contributed by atoms with Crippen LogP contribution in [0.2, 0.25) is 0 Å². The molecule has 26 heavy (non-hydrogen) atoms. The minimum absolute atomic E-state index is 0.397. The van der Waals surface area contributed by atoms with E-state index in [0.29, 0.717) is 11.5 Å². The molecule has 2 N–H and O–H groups in total. The predicted molar refractivity (Wildman–Crippen MR) is 111 cm³/mol. The Morgan fingerprint density at radius 1 is 1.15 bits per heavy atom. The maximum Gasteiger partial charge on any atom is 0.191 e. The lowest BCUT2D eigenvalue weighted by Crippen LogP contribution is -2.49. The molecule has 0 unspecified atom stereocenters. The molecule has 2 aliphatic rings. The zero-order valence-electron chi connectivity index (χ0n) is 16.6. The number of guanidine groups is 1. The monoisotopic (exact) mass is 356 g/mol. The SMILES string of the molecule is CCCN1CCC(NC(=NCC2(Cc3ccccc3)CC2)NCC)CC1. The number of benzene rings is 1. The molecule has 0 atom stereocenters. The topological polar surface area (TPSA) is 39.7 Å². The number of aliphatic imine (C=N–C) groups is 1. The first-order valence-corrected chi connectivity index (χ1v) is 10.5. The predicted octanol–water partition coefficient (Wildman–Crippen LogP) is 3.44. The second-order valence-electron chi connectivity index (χ2n) is 8.12. The van der Waals surface area contributed by atoms with Crippen molar-refractivity contribution in [1.29, 1.82) is 0 Å². The highest BCUT2D eigenvalue weighted by molar-refractivity contribution is 5.80. The third kappa shape index (κ3) is 5.73. The lowest BCUT2D eigenvalue weighted by molar-refractivity contribution is 0.206. The van der Waals surface area contributed by atoms with E-state index in [-0.39, 0.29) is 0 Å². The fourth-order valence-corrected chi connectivity index (χ4v) is 3.97. The fraction of sp³-hybridized carbons (Fsp3) is 0.682. The quantitative estimate of drug-likeness (QED) is 0.554. The van der Waals surface area contributed by atoms with E-state index >= 15 is 0 Å². The van der Waals surface area contributed by atoms with Gasteiger partial charge in [0.1, 0.15) is 0 Å². The number of hydrogen-bond acceptors (Lipinski definition) is 2. The highest BCUT2D eigenvalue weighted by Gasteiger charge is 2.42. The molecule has 4 nitrogen and oxygen atoms in total. The van der Waals surface area contributed by atoms with Crippen LogP contribution in [0.3, 0.4) is 0 Å². The minimum atomic E-state index is 0.397. The average molecular weight is 357 g/mol. The first-order valence-electron chi connectivity index (χ1n) is 10.5. The van der Waals surface area contributed by atoms with Gasteiger partial charge >= 0.3 is 0 Å². The summed E-state index contributed by atoms with van der Waals surface area (Å²) in [5, 5.41) is 7.15. The molecular weight excluding hydrogens is 320 g/mol. The summed E-state index contributed by atoms with van der Waals surface area (Å²) in [7, 11) is 0. The zero-order chi connectivity index (χ0) is 18.2. The van der Waals surface area contributed by atoms with Crippen molar-refractivity contribution in [3.63, 3.8) is 0 Å². The lowest BCUT2D eigenvalue weighted by Gasteiger charge is -2.33. The fourth-order valence-electron chi connectivity index (χ4n) is 3.97. The molecule has 4 heteroatoms. The number of nitrogens with zero attached hydrogens (tertiary/aromatic N) is 2. The standard InChI is InChI=1S/C22H36N4/c1-3-14-26-15-10-20(11-16-26)25-21(23-4-2)24-18-22(12-13-22)17-19-8-6-5-7-9-19/h5-9,20H,3-4,10-18H2,1-2H3,(H2,23,24,25). The van der Waals surface area contributed by atoms with E-state index in [0.717, 1.165) is 25.5 Å². The van der Waals surface area contributed by atoms with Gasteiger partial charge in [0.2, 0.25) is 0 Å². The second-order valence-corrected chi connectivity index (χ2v) is 8.12. The molecule has 1 aliphatic heterocycles. The Kier molecular flexibility index (Phi) is 6.95. The normalized spacial score (nSPS) is 20.8. The molecule has 1 aliphatic carbocycles. The van der Waals surface area contributed by atoms with Crippen molar-refractivity contribution < 1.29 is 0 Å². The lowest BCUT2D eigenvalue weighted by atomic mass is 9.97. The van der Waals surface area contributed by atoms with Crippen molar-refractivity contribution >= 4 is 5.96 Å². The highest BCUT2D eigenvalue weighted by atomic mass is 15.2. The van der Waals surface area contributed by atoms with Crippen LogP contribution in [0.1, 0.15) is 51.5 Å². The molecule has 0 bridgehead atoms. The van der Waals surface area contributed by atoms with Crippen molar-refractivity contribution in [2.45, 2.75) is 58.4 Å². The van der Waals surface area contributed by atoms with Crippen LogP contribution in [0.5, 0.6) is 0 Å². The summed E-state index contributed by atoms with van der Waals surface area (Å²) in [6.45, 7) is 9.94. The van der Waals surface area contributed by atoms with Gasteiger partial charge in [-0.2, -0.15) is 0 Å². The van der Waals surface area contributed by atoms with E-state index in [1.807, 2.05) is 0 Å². The Morgan fingerprint density at radius 3 is 2.50 bits per heavy atom. The maximum atomic E-state index is 4.97. The second kappa shape index (κ2) is 9.40. The molecule has 1 saturated carbocycles. The number of rotatable bonds is 8. The molecule has 1 aromatic rings. The molecule has 1 aromatic carbocycles. The van der Waals surface area contributed by atoms with Gasteiger partial charge in [0.05, 0.1) is 0 Å². The highest BCUT2D eigenvalue weighted by Crippen LogP contribution is 2.48. The average Bonchev–Trinajstić information content (AvgIpc) is 3.42. The van der Waals surface area contributed by atoms with Crippen LogP contribution in [-0.2, 0) is 6.42 Å². The van der Waals surface area contributed by atoms with Gasteiger partial charge in [0, 0.05) is 32.2 Å². The van der Waals surface area contributed by atoms with E-state index in [4.69, 9.17) is 4.99 Å². The van der Waals surface area contributed by atoms with Crippen LogP contribution in [0.4, 0.5) is 0 Å². The van der Waals surface area contributed by atoms with Gasteiger partial charge in [-0.3, -0.25) is 4.99 Å². The molecule has 0 radical (unpaired) electrons. The van der Waals surface area contributed by atoms with E-state index in [2.05, 4.69) is 59.7 Å². The van der Waals surface area contributed by atoms with Crippen molar-refractivity contribution in [2.24, 2.45) is 10.4 Å². The van der Waals surface area contributed by atoms with Crippen LogP contribution < -0.4 is 10.6 Å². The number of piperidine rings is 1. The first-order chi connectivity index (χ1) is 12.7.